The minimum atomic E-state index is -0.919. The number of methoxy groups -OCH3 is 1. The second-order valence-corrected chi connectivity index (χ2v) is 8.32. The van der Waals surface area contributed by atoms with E-state index in [-0.39, 0.29) is 39.4 Å². The van der Waals surface area contributed by atoms with Gasteiger partial charge in [0.05, 0.1) is 26.4 Å². The molecule has 0 radical (unpaired) electrons. The fourth-order valence-corrected chi connectivity index (χ4v) is 3.86. The fourth-order valence-electron chi connectivity index (χ4n) is 2.79. The van der Waals surface area contributed by atoms with E-state index in [1.165, 1.54) is 37.5 Å². The molecule has 166 valence electrons. The van der Waals surface area contributed by atoms with Crippen molar-refractivity contribution >= 4 is 81.3 Å². The first kappa shape index (κ1) is 23.8. The second-order valence-electron chi connectivity index (χ2n) is 6.35. The number of amides is 5. The predicted octanol–water partition coefficient (Wildman–Crippen LogP) is 3.14. The van der Waals surface area contributed by atoms with Crippen molar-refractivity contribution < 1.29 is 28.7 Å². The summed E-state index contributed by atoms with van der Waals surface area (Å²) in [5.74, 6) is -1.84. The largest absolute Gasteiger partial charge is 0.493 e. The highest BCUT2D eigenvalue weighted by Gasteiger charge is 2.37. The molecule has 1 heterocycles. The zero-order valence-corrected chi connectivity index (χ0v) is 19.9. The van der Waals surface area contributed by atoms with Gasteiger partial charge >= 0.3 is 6.03 Å². The molecule has 32 heavy (non-hydrogen) atoms. The van der Waals surface area contributed by atoms with Gasteiger partial charge in [-0.2, -0.15) is 0 Å². The quantitative estimate of drug-likeness (QED) is 0.303. The third kappa shape index (κ3) is 4.97. The second kappa shape index (κ2) is 9.76. The van der Waals surface area contributed by atoms with E-state index in [1.807, 2.05) is 22.6 Å². The minimum absolute atomic E-state index is 0.137. The number of ether oxygens (including phenoxy) is 2. The number of rotatable bonds is 6. The average molecular weight is 590 g/mol. The van der Waals surface area contributed by atoms with Crippen LogP contribution >= 0.6 is 45.8 Å². The molecule has 2 aromatic carbocycles. The number of nitrogens with zero attached hydrogens (tertiary/aromatic N) is 1. The Labute approximate surface area is 205 Å². The molecule has 1 saturated heterocycles. The van der Waals surface area contributed by atoms with Crippen molar-refractivity contribution in [1.29, 1.82) is 0 Å². The van der Waals surface area contributed by atoms with Crippen molar-refractivity contribution in [2.24, 2.45) is 5.73 Å². The number of primary amides is 1. The smallest absolute Gasteiger partial charge is 0.335 e. The number of nitrogens with two attached hydrogens (primary N) is 1. The number of carbonyl (C=O) groups is 4. The van der Waals surface area contributed by atoms with Crippen LogP contribution in [0.1, 0.15) is 5.56 Å². The van der Waals surface area contributed by atoms with Gasteiger partial charge < -0.3 is 15.2 Å². The summed E-state index contributed by atoms with van der Waals surface area (Å²) in [6.07, 6.45) is 1.30. The molecule has 1 aliphatic rings. The van der Waals surface area contributed by atoms with Crippen LogP contribution in [0.4, 0.5) is 10.5 Å². The molecule has 2 aromatic rings. The monoisotopic (exact) mass is 589 g/mol. The molecule has 5 amide bonds. The molecule has 3 N–H and O–H groups in total. The van der Waals surface area contributed by atoms with Crippen molar-refractivity contribution in [2.75, 3.05) is 18.6 Å². The number of hydrogen-bond acceptors (Lipinski definition) is 6. The Hall–Kier alpha value is -2.83. The summed E-state index contributed by atoms with van der Waals surface area (Å²) in [5, 5.41) is 2.50. The number of hydrogen-bond donors (Lipinski definition) is 2. The Morgan fingerprint density at radius 1 is 1.19 bits per heavy atom. The van der Waals surface area contributed by atoms with Crippen LogP contribution in [0.2, 0.25) is 10.0 Å². The van der Waals surface area contributed by atoms with Gasteiger partial charge in [0, 0.05) is 0 Å². The topological polar surface area (TPSA) is 128 Å². The maximum Gasteiger partial charge on any atom is 0.335 e. The fraction of sp³-hybridized carbons (Fsp3) is 0.100. The van der Waals surface area contributed by atoms with Gasteiger partial charge in [-0.15, -0.1) is 0 Å². The number of nitrogens with one attached hydrogen (secondary N) is 1. The molecular weight excluding hydrogens is 576 g/mol. The SMILES string of the molecule is COc1cc(/C=C2\C(=O)NC(=O)N(c3ccc(Cl)c(Cl)c3)C2=O)cc(I)c1OCC(N)=O. The lowest BCUT2D eigenvalue weighted by molar-refractivity contribution is -0.123. The highest BCUT2D eigenvalue weighted by atomic mass is 127. The minimum Gasteiger partial charge on any atom is -0.493 e. The Kier molecular flexibility index (Phi) is 7.26. The normalized spacial score (nSPS) is 15.1. The zero-order valence-electron chi connectivity index (χ0n) is 16.3. The molecule has 3 rings (SSSR count). The van der Waals surface area contributed by atoms with Gasteiger partial charge in [-0.3, -0.25) is 19.7 Å². The molecule has 9 nitrogen and oxygen atoms in total. The lowest BCUT2D eigenvalue weighted by Gasteiger charge is -2.26. The molecule has 0 aromatic heterocycles. The van der Waals surface area contributed by atoms with Gasteiger partial charge in [0.2, 0.25) is 0 Å². The summed E-state index contributed by atoms with van der Waals surface area (Å²) in [5.41, 5.74) is 5.37. The van der Waals surface area contributed by atoms with E-state index in [2.05, 4.69) is 5.32 Å². The summed E-state index contributed by atoms with van der Waals surface area (Å²) in [4.78, 5) is 49.5. The maximum atomic E-state index is 13.0. The third-order valence-corrected chi connectivity index (χ3v) is 5.72. The summed E-state index contributed by atoms with van der Waals surface area (Å²) in [6, 6.07) is 6.39. The maximum absolute atomic E-state index is 13.0. The molecule has 1 fully saturated rings. The highest BCUT2D eigenvalue weighted by molar-refractivity contribution is 14.1. The van der Waals surface area contributed by atoms with Crippen LogP contribution in [0.5, 0.6) is 11.5 Å². The molecule has 0 spiro atoms. The first-order valence-corrected chi connectivity index (χ1v) is 10.6. The van der Waals surface area contributed by atoms with Crippen LogP contribution in [0.15, 0.2) is 35.9 Å². The number of imide groups is 2. The van der Waals surface area contributed by atoms with Crippen LogP contribution < -0.4 is 25.4 Å². The lowest BCUT2D eigenvalue weighted by atomic mass is 10.1. The summed E-state index contributed by atoms with van der Waals surface area (Å²) >= 11 is 13.8. The number of halogens is 3. The van der Waals surface area contributed by atoms with E-state index in [1.54, 1.807) is 6.07 Å². The van der Waals surface area contributed by atoms with Gasteiger partial charge in [-0.25, -0.2) is 9.69 Å². The van der Waals surface area contributed by atoms with Gasteiger partial charge in [0.15, 0.2) is 18.1 Å². The lowest BCUT2D eigenvalue weighted by Crippen LogP contribution is -2.54. The van der Waals surface area contributed by atoms with Crippen LogP contribution in [-0.2, 0) is 14.4 Å². The van der Waals surface area contributed by atoms with Crippen LogP contribution in [-0.4, -0.2) is 37.5 Å². The van der Waals surface area contributed by atoms with Crippen LogP contribution in [0.3, 0.4) is 0 Å². The Balaban J connectivity index is 2.01. The number of barbiturate groups is 1. The van der Waals surface area contributed by atoms with Crippen LogP contribution in [0.25, 0.3) is 6.08 Å². The van der Waals surface area contributed by atoms with E-state index >= 15 is 0 Å². The third-order valence-electron chi connectivity index (χ3n) is 4.18. The Morgan fingerprint density at radius 2 is 1.91 bits per heavy atom. The Morgan fingerprint density at radius 3 is 2.53 bits per heavy atom. The van der Waals surface area contributed by atoms with Crippen molar-refractivity contribution in [1.82, 2.24) is 5.32 Å². The molecule has 0 bridgehead atoms. The molecule has 12 heteroatoms. The highest BCUT2D eigenvalue weighted by Crippen LogP contribution is 2.35. The summed E-state index contributed by atoms with van der Waals surface area (Å²) in [6.45, 7) is -0.353. The number of urea groups is 1. The van der Waals surface area contributed by atoms with Crippen molar-refractivity contribution in [2.45, 2.75) is 0 Å². The van der Waals surface area contributed by atoms with Gasteiger partial charge in [-0.1, -0.05) is 23.2 Å². The molecule has 0 atom stereocenters. The van der Waals surface area contributed by atoms with E-state index in [4.69, 9.17) is 38.4 Å². The molecule has 0 unspecified atom stereocenters. The van der Waals surface area contributed by atoms with Gasteiger partial charge in [0.25, 0.3) is 17.7 Å². The molecular formula is C20H14Cl2IN3O6. The average Bonchev–Trinajstić information content (AvgIpc) is 2.72. The van der Waals surface area contributed by atoms with E-state index < -0.39 is 23.8 Å². The number of benzene rings is 2. The molecule has 1 aliphatic heterocycles. The van der Waals surface area contributed by atoms with E-state index in [0.717, 1.165) is 4.90 Å². The van der Waals surface area contributed by atoms with E-state index in [9.17, 15) is 19.2 Å². The van der Waals surface area contributed by atoms with Crippen LogP contribution in [0, 0.1) is 3.57 Å². The van der Waals surface area contributed by atoms with Crippen molar-refractivity contribution in [3.8, 4) is 11.5 Å². The number of carbonyl (C=O) groups excluding carboxylic acids is 4. The molecule has 0 aliphatic carbocycles. The Bertz CT molecular complexity index is 1180. The number of anilines is 1. The summed E-state index contributed by atoms with van der Waals surface area (Å²) in [7, 11) is 1.39. The van der Waals surface area contributed by atoms with Gasteiger partial charge in [0.1, 0.15) is 5.57 Å². The first-order chi connectivity index (χ1) is 15.1. The molecule has 0 saturated carbocycles. The van der Waals surface area contributed by atoms with E-state index in [0.29, 0.717) is 9.13 Å². The van der Waals surface area contributed by atoms with Crippen molar-refractivity contribution in [3.63, 3.8) is 0 Å². The summed E-state index contributed by atoms with van der Waals surface area (Å²) < 4.78 is 11.2. The predicted molar refractivity (Wildman–Crippen MR) is 126 cm³/mol. The van der Waals surface area contributed by atoms with Gasteiger partial charge in [-0.05, 0) is 64.6 Å². The standard InChI is InChI=1S/C20H14Cl2IN3O6/c1-31-15-6-9(5-14(23)17(15)32-8-16(24)27)4-11-18(28)25-20(30)26(19(11)29)10-2-3-12(21)13(22)7-10/h2-7H,8H2,1H3,(H2,24,27)(H,25,28,30)/b11-4+. The zero-order chi connectivity index (χ0) is 23.6. The van der Waals surface area contributed by atoms with Crippen molar-refractivity contribution in [3.05, 3.63) is 55.1 Å². The first-order valence-electron chi connectivity index (χ1n) is 8.77.